The van der Waals surface area contributed by atoms with E-state index in [0.717, 1.165) is 5.56 Å². The molecule has 1 aromatic rings. The van der Waals surface area contributed by atoms with E-state index in [1.54, 1.807) is 6.08 Å². The van der Waals surface area contributed by atoms with Crippen molar-refractivity contribution >= 4 is 12.0 Å². The largest absolute Gasteiger partial charge is 0.490 e. The Balaban J connectivity index is 2.22. The number of hydrogen-bond acceptors (Lipinski definition) is 5. The van der Waals surface area contributed by atoms with Gasteiger partial charge >= 0.3 is 0 Å². The van der Waals surface area contributed by atoms with Crippen LogP contribution in [-0.2, 0) is 4.79 Å². The molecule has 0 atom stereocenters. The van der Waals surface area contributed by atoms with Crippen LogP contribution in [0.1, 0.15) is 25.3 Å². The summed E-state index contributed by atoms with van der Waals surface area (Å²) in [6, 6.07) is 9.59. The minimum atomic E-state index is -0.201. The molecule has 6 nitrogen and oxygen atoms in total. The maximum absolute atomic E-state index is 12.7. The van der Waals surface area contributed by atoms with Gasteiger partial charge in [0.2, 0.25) is 0 Å². The van der Waals surface area contributed by atoms with Crippen LogP contribution in [0.2, 0.25) is 0 Å². The molecule has 1 aromatic carbocycles. The molecule has 6 heteroatoms. The summed E-state index contributed by atoms with van der Waals surface area (Å²) >= 11 is 0. The van der Waals surface area contributed by atoms with Gasteiger partial charge in [-0.05, 0) is 19.1 Å². The van der Waals surface area contributed by atoms with Crippen LogP contribution in [0.5, 0.6) is 11.5 Å². The number of nitriles is 2. The maximum atomic E-state index is 12.7. The van der Waals surface area contributed by atoms with Crippen molar-refractivity contribution < 1.29 is 14.3 Å². The van der Waals surface area contributed by atoms with Gasteiger partial charge in [0.1, 0.15) is 6.61 Å². The van der Waals surface area contributed by atoms with E-state index in [0.29, 0.717) is 36.8 Å². The summed E-state index contributed by atoms with van der Waals surface area (Å²) in [6.45, 7) is 3.19. The number of para-hydroxylation sites is 1. The van der Waals surface area contributed by atoms with E-state index in [1.165, 1.54) is 4.90 Å². The molecule has 0 fully saturated rings. The molecule has 0 saturated heterocycles. The fourth-order valence-electron chi connectivity index (χ4n) is 2.46. The Kier molecular flexibility index (Phi) is 6.22. The van der Waals surface area contributed by atoms with Gasteiger partial charge in [0.05, 0.1) is 37.2 Å². The highest BCUT2D eigenvalue weighted by Gasteiger charge is 2.23. The number of ether oxygens (including phenoxy) is 2. The number of fused-ring (bicyclic) bond motifs is 1. The normalized spacial score (nSPS) is 12.0. The lowest BCUT2D eigenvalue weighted by atomic mass is 10.1. The van der Waals surface area contributed by atoms with Crippen LogP contribution in [0, 0.1) is 22.7 Å². The number of nitrogens with zero attached hydrogens (tertiary/aromatic N) is 3. The zero-order valence-electron chi connectivity index (χ0n) is 13.6. The molecule has 0 saturated carbocycles. The first-order valence-corrected chi connectivity index (χ1v) is 7.83. The first-order valence-electron chi connectivity index (χ1n) is 7.83. The third kappa shape index (κ3) is 4.05. The summed E-state index contributed by atoms with van der Waals surface area (Å²) in [6.07, 6.45) is 2.25. The zero-order valence-corrected chi connectivity index (χ0v) is 13.6. The quantitative estimate of drug-likeness (QED) is 0.769. The third-order valence-electron chi connectivity index (χ3n) is 3.56. The Bertz CT molecular complexity index is 695. The molecule has 24 heavy (non-hydrogen) atoms. The van der Waals surface area contributed by atoms with Gasteiger partial charge in [0.15, 0.2) is 11.5 Å². The average molecular weight is 325 g/mol. The van der Waals surface area contributed by atoms with Crippen molar-refractivity contribution in [2.45, 2.75) is 19.8 Å². The summed E-state index contributed by atoms with van der Waals surface area (Å²) in [5, 5.41) is 17.5. The van der Waals surface area contributed by atoms with Crippen molar-refractivity contribution in [2.75, 3.05) is 26.3 Å². The molecule has 1 aliphatic rings. The molecule has 0 unspecified atom stereocenters. The molecule has 1 amide bonds. The van der Waals surface area contributed by atoms with Crippen LogP contribution in [0.25, 0.3) is 6.08 Å². The van der Waals surface area contributed by atoms with E-state index >= 15 is 0 Å². The van der Waals surface area contributed by atoms with Crippen molar-refractivity contribution in [3.05, 3.63) is 29.3 Å². The standard InChI is InChI=1S/C18H19N3O3/c1-2-23-16-7-3-6-14-12-15(13-24-17(14)16)18(22)21(10-4-8-19)11-5-9-20/h3,6-7,12H,2,4-5,10-11,13H2,1H3. The third-order valence-corrected chi connectivity index (χ3v) is 3.56. The summed E-state index contributed by atoms with van der Waals surface area (Å²) in [4.78, 5) is 14.2. The number of carbonyl (C=O) groups excluding carboxylic acids is 1. The molecule has 0 aromatic heterocycles. The maximum Gasteiger partial charge on any atom is 0.253 e. The number of rotatable bonds is 7. The SMILES string of the molecule is CCOc1cccc2c1OCC(C(=O)N(CCC#N)CCC#N)=C2. The molecule has 0 N–H and O–H groups in total. The topological polar surface area (TPSA) is 86.3 Å². The monoisotopic (exact) mass is 325 g/mol. The van der Waals surface area contributed by atoms with Gasteiger partial charge in [-0.1, -0.05) is 12.1 Å². The highest BCUT2D eigenvalue weighted by Crippen LogP contribution is 2.36. The molecule has 0 radical (unpaired) electrons. The summed E-state index contributed by atoms with van der Waals surface area (Å²) < 4.78 is 11.3. The van der Waals surface area contributed by atoms with E-state index in [-0.39, 0.29) is 25.4 Å². The fourth-order valence-corrected chi connectivity index (χ4v) is 2.46. The van der Waals surface area contributed by atoms with Gasteiger partial charge in [-0.2, -0.15) is 10.5 Å². The average Bonchev–Trinajstić information content (AvgIpc) is 2.61. The van der Waals surface area contributed by atoms with Crippen LogP contribution in [0.4, 0.5) is 0 Å². The van der Waals surface area contributed by atoms with Crippen LogP contribution in [-0.4, -0.2) is 37.1 Å². The Labute approximate surface area is 141 Å². The highest BCUT2D eigenvalue weighted by molar-refractivity contribution is 5.99. The molecule has 0 bridgehead atoms. The molecule has 1 aliphatic heterocycles. The van der Waals surface area contributed by atoms with Gasteiger partial charge in [-0.3, -0.25) is 4.79 Å². The van der Waals surface area contributed by atoms with Crippen molar-refractivity contribution in [2.24, 2.45) is 0 Å². The van der Waals surface area contributed by atoms with E-state index in [1.807, 2.05) is 37.3 Å². The van der Waals surface area contributed by atoms with E-state index in [4.69, 9.17) is 20.0 Å². The van der Waals surface area contributed by atoms with Crippen LogP contribution >= 0.6 is 0 Å². The van der Waals surface area contributed by atoms with Gasteiger partial charge < -0.3 is 14.4 Å². The fraction of sp³-hybridized carbons (Fsp3) is 0.389. The lowest BCUT2D eigenvalue weighted by Gasteiger charge is -2.25. The predicted octanol–water partition coefficient (Wildman–Crippen LogP) is 2.52. The van der Waals surface area contributed by atoms with Crippen LogP contribution in [0.3, 0.4) is 0 Å². The van der Waals surface area contributed by atoms with Crippen LogP contribution < -0.4 is 9.47 Å². The van der Waals surface area contributed by atoms with E-state index in [2.05, 4.69) is 0 Å². The lowest BCUT2D eigenvalue weighted by molar-refractivity contribution is -0.127. The van der Waals surface area contributed by atoms with Gasteiger partial charge in [-0.15, -0.1) is 0 Å². The van der Waals surface area contributed by atoms with E-state index in [9.17, 15) is 4.79 Å². The van der Waals surface area contributed by atoms with Gasteiger partial charge in [0.25, 0.3) is 5.91 Å². The zero-order chi connectivity index (χ0) is 17.4. The second kappa shape index (κ2) is 8.59. The molecule has 124 valence electrons. The van der Waals surface area contributed by atoms with E-state index < -0.39 is 0 Å². The Morgan fingerprint density at radius 3 is 2.62 bits per heavy atom. The Morgan fingerprint density at radius 2 is 2.00 bits per heavy atom. The number of carbonyl (C=O) groups is 1. The predicted molar refractivity (Wildman–Crippen MR) is 88.1 cm³/mol. The first kappa shape index (κ1) is 17.4. The summed E-state index contributed by atoms with van der Waals surface area (Å²) in [5.41, 5.74) is 1.29. The highest BCUT2D eigenvalue weighted by atomic mass is 16.5. The Hall–Kier alpha value is -2.99. The molecule has 2 rings (SSSR count). The first-order chi connectivity index (χ1) is 11.7. The minimum absolute atomic E-state index is 0.144. The van der Waals surface area contributed by atoms with Crippen LogP contribution in [0.15, 0.2) is 23.8 Å². The summed E-state index contributed by atoms with van der Waals surface area (Å²) in [5.74, 6) is 1.09. The second-order valence-corrected chi connectivity index (χ2v) is 5.17. The minimum Gasteiger partial charge on any atom is -0.490 e. The number of benzene rings is 1. The molecule has 0 spiro atoms. The van der Waals surface area contributed by atoms with Gasteiger partial charge in [-0.25, -0.2) is 0 Å². The lowest BCUT2D eigenvalue weighted by Crippen LogP contribution is -2.35. The summed E-state index contributed by atoms with van der Waals surface area (Å²) in [7, 11) is 0. The molecule has 0 aliphatic carbocycles. The molecule has 1 heterocycles. The van der Waals surface area contributed by atoms with Crippen molar-refractivity contribution in [3.63, 3.8) is 0 Å². The molecular formula is C18H19N3O3. The number of amides is 1. The van der Waals surface area contributed by atoms with Crippen molar-refractivity contribution in [3.8, 4) is 23.6 Å². The van der Waals surface area contributed by atoms with Gasteiger partial charge in [0, 0.05) is 18.7 Å². The van der Waals surface area contributed by atoms with Crippen molar-refractivity contribution in [1.29, 1.82) is 10.5 Å². The second-order valence-electron chi connectivity index (χ2n) is 5.17. The smallest absolute Gasteiger partial charge is 0.253 e. The van der Waals surface area contributed by atoms with Crippen molar-refractivity contribution in [1.82, 2.24) is 4.90 Å². The molecular weight excluding hydrogens is 306 g/mol. The Morgan fingerprint density at radius 1 is 1.29 bits per heavy atom. The number of hydrogen-bond donors (Lipinski definition) is 0.